The SMILES string of the molecule is C[C@@H](NC(=O)c1cc(C(N)=O)cc(C(N)=O)c1)c1ccccc1. The first-order valence-electron chi connectivity index (χ1n) is 6.99. The van der Waals surface area contributed by atoms with E-state index < -0.39 is 17.7 Å². The third-order valence-corrected chi connectivity index (χ3v) is 3.41. The Balaban J connectivity index is 2.28. The van der Waals surface area contributed by atoms with Gasteiger partial charge in [-0.3, -0.25) is 14.4 Å². The van der Waals surface area contributed by atoms with Crippen LogP contribution < -0.4 is 16.8 Å². The minimum Gasteiger partial charge on any atom is -0.366 e. The zero-order chi connectivity index (χ0) is 17.0. The second-order valence-corrected chi connectivity index (χ2v) is 5.13. The van der Waals surface area contributed by atoms with Gasteiger partial charge >= 0.3 is 0 Å². The first-order chi connectivity index (χ1) is 10.9. The molecular formula is C17H17N3O3. The van der Waals surface area contributed by atoms with Crippen molar-refractivity contribution >= 4 is 17.7 Å². The van der Waals surface area contributed by atoms with Crippen molar-refractivity contribution < 1.29 is 14.4 Å². The highest BCUT2D eigenvalue weighted by Gasteiger charge is 2.16. The zero-order valence-electron chi connectivity index (χ0n) is 12.6. The summed E-state index contributed by atoms with van der Waals surface area (Å²) < 4.78 is 0. The summed E-state index contributed by atoms with van der Waals surface area (Å²) in [6, 6.07) is 13.1. The lowest BCUT2D eigenvalue weighted by Crippen LogP contribution is -2.27. The van der Waals surface area contributed by atoms with Gasteiger partial charge in [-0.15, -0.1) is 0 Å². The van der Waals surface area contributed by atoms with Gasteiger partial charge in [-0.2, -0.15) is 0 Å². The molecule has 2 aromatic rings. The van der Waals surface area contributed by atoms with Gasteiger partial charge in [0.05, 0.1) is 6.04 Å². The van der Waals surface area contributed by atoms with Crippen molar-refractivity contribution in [1.82, 2.24) is 5.32 Å². The molecule has 0 aliphatic carbocycles. The summed E-state index contributed by atoms with van der Waals surface area (Å²) in [7, 11) is 0. The Bertz CT molecular complexity index is 725. The van der Waals surface area contributed by atoms with Crippen molar-refractivity contribution in [2.24, 2.45) is 11.5 Å². The molecule has 6 heteroatoms. The lowest BCUT2D eigenvalue weighted by Gasteiger charge is -2.15. The highest BCUT2D eigenvalue weighted by molar-refractivity contribution is 6.03. The summed E-state index contributed by atoms with van der Waals surface area (Å²) in [5, 5.41) is 2.80. The fourth-order valence-electron chi connectivity index (χ4n) is 2.15. The number of benzene rings is 2. The monoisotopic (exact) mass is 311 g/mol. The van der Waals surface area contributed by atoms with Crippen LogP contribution in [0.15, 0.2) is 48.5 Å². The average Bonchev–Trinajstić information content (AvgIpc) is 2.55. The van der Waals surface area contributed by atoms with Gasteiger partial charge in [-0.05, 0) is 30.7 Å². The molecule has 118 valence electrons. The van der Waals surface area contributed by atoms with E-state index in [4.69, 9.17) is 11.5 Å². The predicted molar refractivity (Wildman–Crippen MR) is 85.8 cm³/mol. The zero-order valence-corrected chi connectivity index (χ0v) is 12.6. The molecule has 5 N–H and O–H groups in total. The number of rotatable bonds is 5. The molecule has 0 radical (unpaired) electrons. The van der Waals surface area contributed by atoms with Crippen LogP contribution in [0, 0.1) is 0 Å². The molecule has 2 rings (SSSR count). The summed E-state index contributed by atoms with van der Waals surface area (Å²) in [5.74, 6) is -1.90. The fourth-order valence-corrected chi connectivity index (χ4v) is 2.15. The molecule has 0 saturated heterocycles. The van der Waals surface area contributed by atoms with Gasteiger partial charge in [0.15, 0.2) is 0 Å². The Kier molecular flexibility index (Phi) is 4.75. The molecule has 3 amide bonds. The average molecular weight is 311 g/mol. The second kappa shape index (κ2) is 6.74. The Morgan fingerprint density at radius 3 is 1.83 bits per heavy atom. The van der Waals surface area contributed by atoms with Crippen LogP contribution in [0.1, 0.15) is 49.6 Å². The van der Waals surface area contributed by atoms with E-state index in [1.807, 2.05) is 37.3 Å². The van der Waals surface area contributed by atoms with Crippen LogP contribution in [0.25, 0.3) is 0 Å². The third kappa shape index (κ3) is 3.94. The van der Waals surface area contributed by atoms with E-state index in [0.717, 1.165) is 5.56 Å². The first kappa shape index (κ1) is 16.2. The van der Waals surface area contributed by atoms with Crippen molar-refractivity contribution in [3.05, 3.63) is 70.8 Å². The van der Waals surface area contributed by atoms with Gasteiger partial charge in [0.2, 0.25) is 11.8 Å². The van der Waals surface area contributed by atoms with Gasteiger partial charge in [-0.1, -0.05) is 30.3 Å². The van der Waals surface area contributed by atoms with Crippen LogP contribution in [0.5, 0.6) is 0 Å². The molecule has 0 aromatic heterocycles. The molecule has 0 aliphatic heterocycles. The van der Waals surface area contributed by atoms with Gasteiger partial charge in [0.25, 0.3) is 5.91 Å². The maximum absolute atomic E-state index is 12.4. The van der Waals surface area contributed by atoms with E-state index in [1.54, 1.807) is 0 Å². The summed E-state index contributed by atoms with van der Waals surface area (Å²) in [6.07, 6.45) is 0. The van der Waals surface area contributed by atoms with Crippen molar-refractivity contribution in [1.29, 1.82) is 0 Å². The van der Waals surface area contributed by atoms with Crippen LogP contribution in [0.3, 0.4) is 0 Å². The maximum atomic E-state index is 12.4. The van der Waals surface area contributed by atoms with Crippen LogP contribution in [0.4, 0.5) is 0 Å². The molecule has 0 bridgehead atoms. The maximum Gasteiger partial charge on any atom is 0.251 e. The lowest BCUT2D eigenvalue weighted by atomic mass is 10.0. The highest BCUT2D eigenvalue weighted by atomic mass is 16.2. The topological polar surface area (TPSA) is 115 Å². The van der Waals surface area contributed by atoms with Gasteiger partial charge < -0.3 is 16.8 Å². The molecule has 0 fully saturated rings. The number of carbonyl (C=O) groups is 3. The van der Waals surface area contributed by atoms with E-state index in [1.165, 1.54) is 18.2 Å². The summed E-state index contributed by atoms with van der Waals surface area (Å²) in [5.41, 5.74) is 11.6. The molecule has 1 atom stereocenters. The predicted octanol–water partition coefficient (Wildman–Crippen LogP) is 1.38. The fraction of sp³-hybridized carbons (Fsp3) is 0.118. The molecule has 0 heterocycles. The van der Waals surface area contributed by atoms with E-state index >= 15 is 0 Å². The van der Waals surface area contributed by atoms with Gasteiger partial charge in [0.1, 0.15) is 0 Å². The van der Waals surface area contributed by atoms with Crippen molar-refractivity contribution in [3.8, 4) is 0 Å². The van der Waals surface area contributed by atoms with Crippen molar-refractivity contribution in [2.45, 2.75) is 13.0 Å². The Hall–Kier alpha value is -3.15. The van der Waals surface area contributed by atoms with Gasteiger partial charge in [0, 0.05) is 16.7 Å². The van der Waals surface area contributed by atoms with Crippen LogP contribution in [0.2, 0.25) is 0 Å². The molecule has 0 unspecified atom stereocenters. The largest absolute Gasteiger partial charge is 0.366 e. The minimum atomic E-state index is -0.738. The number of primary amides is 2. The van der Waals surface area contributed by atoms with E-state index in [0.29, 0.717) is 0 Å². The number of hydrogen-bond acceptors (Lipinski definition) is 3. The van der Waals surface area contributed by atoms with Crippen LogP contribution in [-0.4, -0.2) is 17.7 Å². The lowest BCUT2D eigenvalue weighted by molar-refractivity contribution is 0.0940. The minimum absolute atomic E-state index is 0.0545. The molecule has 0 aliphatic rings. The summed E-state index contributed by atoms with van der Waals surface area (Å²) >= 11 is 0. The first-order valence-corrected chi connectivity index (χ1v) is 6.99. The Morgan fingerprint density at radius 2 is 1.35 bits per heavy atom. The smallest absolute Gasteiger partial charge is 0.251 e. The molecule has 6 nitrogen and oxygen atoms in total. The highest BCUT2D eigenvalue weighted by Crippen LogP contribution is 2.14. The Labute approximate surface area is 133 Å². The standard InChI is InChI=1S/C17H17N3O3/c1-10(11-5-3-2-4-6-11)20-17(23)14-8-12(15(18)21)7-13(9-14)16(19)22/h2-10H,1H3,(H2,18,21)(H2,19,22)(H,20,23)/t10-/m1/s1. The van der Waals surface area contributed by atoms with E-state index in [2.05, 4.69) is 5.32 Å². The van der Waals surface area contributed by atoms with Crippen LogP contribution >= 0.6 is 0 Å². The number of carbonyl (C=O) groups excluding carboxylic acids is 3. The molecular weight excluding hydrogens is 294 g/mol. The number of nitrogens with one attached hydrogen (secondary N) is 1. The summed E-state index contributed by atoms with van der Waals surface area (Å²) in [4.78, 5) is 35.0. The third-order valence-electron chi connectivity index (χ3n) is 3.41. The molecule has 0 saturated carbocycles. The number of hydrogen-bond donors (Lipinski definition) is 3. The van der Waals surface area contributed by atoms with Crippen LogP contribution in [-0.2, 0) is 0 Å². The van der Waals surface area contributed by atoms with Crippen molar-refractivity contribution in [3.63, 3.8) is 0 Å². The van der Waals surface area contributed by atoms with E-state index in [-0.39, 0.29) is 22.7 Å². The normalized spacial score (nSPS) is 11.5. The molecule has 2 aromatic carbocycles. The van der Waals surface area contributed by atoms with Crippen molar-refractivity contribution in [2.75, 3.05) is 0 Å². The second-order valence-electron chi connectivity index (χ2n) is 5.13. The Morgan fingerprint density at radius 1 is 0.870 bits per heavy atom. The molecule has 23 heavy (non-hydrogen) atoms. The summed E-state index contributed by atoms with van der Waals surface area (Å²) in [6.45, 7) is 1.83. The van der Waals surface area contributed by atoms with Gasteiger partial charge in [-0.25, -0.2) is 0 Å². The molecule has 0 spiro atoms. The number of nitrogens with two attached hydrogens (primary N) is 2. The van der Waals surface area contributed by atoms with E-state index in [9.17, 15) is 14.4 Å². The number of amides is 3. The quantitative estimate of drug-likeness (QED) is 0.774.